The quantitative estimate of drug-likeness (QED) is 0.377. The zero-order chi connectivity index (χ0) is 24.9. The van der Waals surface area contributed by atoms with Crippen molar-refractivity contribution in [1.82, 2.24) is 19.9 Å². The summed E-state index contributed by atoms with van der Waals surface area (Å²) in [5, 5.41) is 7.65. The van der Waals surface area contributed by atoms with Crippen LogP contribution in [0.15, 0.2) is 48.7 Å². The van der Waals surface area contributed by atoms with Crippen molar-refractivity contribution in [2.75, 3.05) is 20.3 Å². The average Bonchev–Trinajstić information content (AvgIpc) is 3.21. The summed E-state index contributed by atoms with van der Waals surface area (Å²) < 4.78 is 18.4. The molecule has 0 aliphatic rings. The largest absolute Gasteiger partial charge is 0.497 e. The molecule has 182 valence electrons. The predicted molar refractivity (Wildman–Crippen MR) is 134 cm³/mol. The first kappa shape index (κ1) is 24.1. The molecule has 8 nitrogen and oxygen atoms in total. The summed E-state index contributed by atoms with van der Waals surface area (Å²) in [5.74, 6) is 1.95. The molecule has 0 aliphatic heterocycles. The molecule has 1 N–H and O–H groups in total. The first-order valence-corrected chi connectivity index (χ1v) is 11.6. The van der Waals surface area contributed by atoms with Crippen LogP contribution in [0.3, 0.4) is 0 Å². The van der Waals surface area contributed by atoms with E-state index in [0.29, 0.717) is 48.2 Å². The van der Waals surface area contributed by atoms with Gasteiger partial charge in [-0.15, -0.1) is 0 Å². The summed E-state index contributed by atoms with van der Waals surface area (Å²) >= 11 is 0. The summed E-state index contributed by atoms with van der Waals surface area (Å²) in [7, 11) is 1.62. The highest BCUT2D eigenvalue weighted by atomic mass is 16.5. The fourth-order valence-corrected chi connectivity index (χ4v) is 3.99. The lowest BCUT2D eigenvalue weighted by molar-refractivity contribution is 0.0949. The van der Waals surface area contributed by atoms with E-state index in [0.717, 1.165) is 28.1 Å². The van der Waals surface area contributed by atoms with Crippen molar-refractivity contribution >= 4 is 11.6 Å². The second kappa shape index (κ2) is 10.5. The molecule has 2 heterocycles. The van der Waals surface area contributed by atoms with Crippen molar-refractivity contribution in [2.45, 2.75) is 34.2 Å². The summed E-state index contributed by atoms with van der Waals surface area (Å²) in [6, 6.07) is 13.4. The van der Waals surface area contributed by atoms with Crippen LogP contribution in [-0.4, -0.2) is 40.8 Å². The molecule has 2 aromatic heterocycles. The number of nitrogens with zero attached hydrogens (tertiary/aromatic N) is 3. The predicted octanol–water partition coefficient (Wildman–Crippen LogP) is 4.75. The fraction of sp³-hybridized carbons (Fsp3) is 0.296. The maximum atomic E-state index is 12.9. The number of nitrogens with one attached hydrogen (secondary N) is 1. The monoisotopic (exact) mass is 474 g/mol. The Kier molecular flexibility index (Phi) is 7.19. The Hall–Kier alpha value is -4.07. The van der Waals surface area contributed by atoms with Crippen molar-refractivity contribution in [3.05, 3.63) is 71.2 Å². The third-order valence-corrected chi connectivity index (χ3v) is 5.75. The molecule has 0 unspecified atom stereocenters. The number of fused-ring (bicyclic) bond motifs is 1. The maximum absolute atomic E-state index is 12.9. The molecule has 0 spiro atoms. The highest BCUT2D eigenvalue weighted by Crippen LogP contribution is 2.36. The van der Waals surface area contributed by atoms with Gasteiger partial charge in [0, 0.05) is 18.3 Å². The lowest BCUT2D eigenvalue weighted by Gasteiger charge is -2.12. The number of amides is 1. The average molecular weight is 475 g/mol. The zero-order valence-electron chi connectivity index (χ0n) is 20.7. The van der Waals surface area contributed by atoms with Crippen LogP contribution >= 0.6 is 0 Å². The van der Waals surface area contributed by atoms with Crippen LogP contribution in [-0.2, 0) is 6.54 Å². The van der Waals surface area contributed by atoms with E-state index in [9.17, 15) is 4.79 Å². The van der Waals surface area contributed by atoms with E-state index in [-0.39, 0.29) is 5.91 Å². The molecule has 2 aromatic carbocycles. The molecule has 0 atom stereocenters. The Morgan fingerprint density at radius 2 is 1.71 bits per heavy atom. The van der Waals surface area contributed by atoms with Gasteiger partial charge in [0.1, 0.15) is 5.75 Å². The van der Waals surface area contributed by atoms with E-state index in [2.05, 4.69) is 10.3 Å². The summed E-state index contributed by atoms with van der Waals surface area (Å²) in [6.45, 7) is 9.17. The Morgan fingerprint density at radius 1 is 1.00 bits per heavy atom. The molecule has 0 radical (unpaired) electrons. The molecular weight excluding hydrogens is 444 g/mol. The maximum Gasteiger partial charge on any atom is 0.254 e. The molecular formula is C27H30N4O4. The fourth-order valence-electron chi connectivity index (χ4n) is 3.99. The number of hydrogen-bond donors (Lipinski definition) is 1. The minimum Gasteiger partial charge on any atom is -0.497 e. The van der Waals surface area contributed by atoms with Crippen LogP contribution in [0.2, 0.25) is 0 Å². The van der Waals surface area contributed by atoms with E-state index in [1.165, 1.54) is 0 Å². The smallest absolute Gasteiger partial charge is 0.254 e. The Bertz CT molecular complexity index is 1350. The van der Waals surface area contributed by atoms with Crippen LogP contribution < -0.4 is 19.5 Å². The molecule has 35 heavy (non-hydrogen) atoms. The molecule has 0 aliphatic carbocycles. The number of hydrogen-bond acceptors (Lipinski definition) is 6. The number of methoxy groups -OCH3 is 1. The number of carbonyl (C=O) groups excluding carboxylic acids is 1. The van der Waals surface area contributed by atoms with Crippen molar-refractivity contribution in [1.29, 1.82) is 0 Å². The lowest BCUT2D eigenvalue weighted by atomic mass is 10.1. The van der Waals surface area contributed by atoms with Crippen molar-refractivity contribution in [3.8, 4) is 28.4 Å². The second-order valence-electron chi connectivity index (χ2n) is 8.01. The summed E-state index contributed by atoms with van der Waals surface area (Å²) in [6.07, 6.45) is 1.61. The minimum atomic E-state index is -0.206. The number of rotatable bonds is 9. The third-order valence-electron chi connectivity index (χ3n) is 5.75. The van der Waals surface area contributed by atoms with Crippen LogP contribution in [0.25, 0.3) is 16.8 Å². The molecule has 0 saturated carbocycles. The molecule has 4 rings (SSSR count). The van der Waals surface area contributed by atoms with Crippen molar-refractivity contribution < 1.29 is 19.0 Å². The number of carbonyl (C=O) groups is 1. The molecule has 1 amide bonds. The number of aryl methyl sites for hydroxylation is 2. The van der Waals surface area contributed by atoms with E-state index >= 15 is 0 Å². The molecule has 0 saturated heterocycles. The third kappa shape index (κ3) is 4.91. The van der Waals surface area contributed by atoms with Gasteiger partial charge in [0.05, 0.1) is 37.3 Å². The minimum absolute atomic E-state index is 0.206. The van der Waals surface area contributed by atoms with Crippen molar-refractivity contribution in [3.63, 3.8) is 0 Å². The normalized spacial score (nSPS) is 10.9. The first-order chi connectivity index (χ1) is 17.0. The van der Waals surface area contributed by atoms with E-state index in [4.69, 9.17) is 19.3 Å². The lowest BCUT2D eigenvalue weighted by Crippen LogP contribution is -2.24. The van der Waals surface area contributed by atoms with Crippen LogP contribution in [0.4, 0.5) is 0 Å². The SMILES string of the molecule is CCOc1ccc(-c2c(C)nn3c(C)c(C(=O)NCc4ccc(OC)cc4)cnc23)cc1OCC. The van der Waals surface area contributed by atoms with Gasteiger partial charge in [-0.2, -0.15) is 5.10 Å². The molecule has 0 bridgehead atoms. The summed E-state index contributed by atoms with van der Waals surface area (Å²) in [5.41, 5.74) is 5.47. The van der Waals surface area contributed by atoms with E-state index < -0.39 is 0 Å². The summed E-state index contributed by atoms with van der Waals surface area (Å²) in [4.78, 5) is 17.6. The van der Waals surface area contributed by atoms with Gasteiger partial charge in [0.2, 0.25) is 0 Å². The molecule has 0 fully saturated rings. The standard InChI is InChI=1S/C27H30N4O4/c1-6-34-23-13-10-20(14-24(23)35-7-2)25-17(3)30-31-18(4)22(16-28-26(25)31)27(32)29-15-19-8-11-21(33-5)12-9-19/h8-14,16H,6-7,15H2,1-5H3,(H,29,32). The highest BCUT2D eigenvalue weighted by Gasteiger charge is 2.20. The Balaban J connectivity index is 1.63. The van der Waals surface area contributed by atoms with E-state index in [1.54, 1.807) is 17.8 Å². The Labute approximate surface area is 204 Å². The molecule has 8 heteroatoms. The van der Waals surface area contributed by atoms with Gasteiger partial charge in [0.25, 0.3) is 5.91 Å². The van der Waals surface area contributed by atoms with Gasteiger partial charge in [-0.25, -0.2) is 9.50 Å². The van der Waals surface area contributed by atoms with Gasteiger partial charge in [0.15, 0.2) is 17.1 Å². The van der Waals surface area contributed by atoms with Gasteiger partial charge < -0.3 is 19.5 Å². The van der Waals surface area contributed by atoms with Crippen molar-refractivity contribution in [2.24, 2.45) is 0 Å². The number of aromatic nitrogens is 3. The highest BCUT2D eigenvalue weighted by molar-refractivity contribution is 5.95. The number of benzene rings is 2. The molecule has 4 aromatic rings. The van der Waals surface area contributed by atoms with Gasteiger partial charge in [-0.3, -0.25) is 4.79 Å². The first-order valence-electron chi connectivity index (χ1n) is 11.6. The zero-order valence-corrected chi connectivity index (χ0v) is 20.7. The van der Waals surface area contributed by atoms with Gasteiger partial charge in [-0.1, -0.05) is 18.2 Å². The number of ether oxygens (including phenoxy) is 3. The van der Waals surface area contributed by atoms with Crippen LogP contribution in [0, 0.1) is 13.8 Å². The second-order valence-corrected chi connectivity index (χ2v) is 8.01. The van der Waals surface area contributed by atoms with Crippen LogP contribution in [0.1, 0.15) is 41.2 Å². The van der Waals surface area contributed by atoms with Crippen LogP contribution in [0.5, 0.6) is 17.2 Å². The topological polar surface area (TPSA) is 87.0 Å². The van der Waals surface area contributed by atoms with Gasteiger partial charge in [-0.05, 0) is 63.1 Å². The van der Waals surface area contributed by atoms with Gasteiger partial charge >= 0.3 is 0 Å². The Morgan fingerprint density at radius 3 is 2.40 bits per heavy atom. The van der Waals surface area contributed by atoms with E-state index in [1.807, 2.05) is 70.2 Å².